The Bertz CT molecular complexity index is 3370. The molecule has 0 amide bonds. The molecule has 12 rings (SSSR count). The molecule has 0 atom stereocenters. The smallest absolute Gasteiger partial charge is 0.165 e. The molecule has 0 N–H and O–H groups in total. The fourth-order valence-corrected chi connectivity index (χ4v) is 10.9. The van der Waals surface area contributed by atoms with E-state index in [-0.39, 0.29) is 0 Å². The highest BCUT2D eigenvalue weighted by atomic mass is 32.1. The van der Waals surface area contributed by atoms with Crippen LogP contribution < -0.4 is 0 Å². The van der Waals surface area contributed by atoms with Gasteiger partial charge in [-0.15, -0.1) is 11.3 Å². The van der Waals surface area contributed by atoms with E-state index in [0.29, 0.717) is 17.5 Å². The quantitative estimate of drug-likeness (QED) is 0.169. The van der Waals surface area contributed by atoms with Crippen molar-refractivity contribution in [2.75, 3.05) is 0 Å². The van der Waals surface area contributed by atoms with Crippen LogP contribution in [0.1, 0.15) is 22.3 Å². The first kappa shape index (κ1) is 34.5. The van der Waals surface area contributed by atoms with E-state index in [9.17, 15) is 0 Å². The molecule has 280 valence electrons. The third-order valence-corrected chi connectivity index (χ3v) is 13.5. The van der Waals surface area contributed by atoms with Gasteiger partial charge in [0.15, 0.2) is 17.5 Å². The van der Waals surface area contributed by atoms with Crippen LogP contribution in [-0.4, -0.2) is 15.0 Å². The van der Waals surface area contributed by atoms with Crippen molar-refractivity contribution < 1.29 is 0 Å². The van der Waals surface area contributed by atoms with Gasteiger partial charge in [-0.2, -0.15) is 0 Å². The minimum atomic E-state index is -0.541. The number of rotatable bonds is 6. The van der Waals surface area contributed by atoms with Crippen LogP contribution >= 0.6 is 11.3 Å². The van der Waals surface area contributed by atoms with E-state index in [4.69, 9.17) is 15.0 Å². The molecule has 60 heavy (non-hydrogen) atoms. The first-order chi connectivity index (χ1) is 29.8. The van der Waals surface area contributed by atoms with Crippen molar-refractivity contribution in [2.24, 2.45) is 0 Å². The van der Waals surface area contributed by atoms with Gasteiger partial charge in [0.1, 0.15) is 0 Å². The average Bonchev–Trinajstić information content (AvgIpc) is 3.87. The molecule has 0 unspecified atom stereocenters. The van der Waals surface area contributed by atoms with E-state index in [2.05, 4.69) is 194 Å². The maximum Gasteiger partial charge on any atom is 0.165 e. The van der Waals surface area contributed by atoms with Gasteiger partial charge in [-0.1, -0.05) is 200 Å². The van der Waals surface area contributed by atoms with Crippen LogP contribution in [-0.2, 0) is 5.41 Å². The van der Waals surface area contributed by atoms with Gasteiger partial charge >= 0.3 is 0 Å². The summed E-state index contributed by atoms with van der Waals surface area (Å²) in [5.74, 6) is 1.94. The summed E-state index contributed by atoms with van der Waals surface area (Å²) in [7, 11) is 0. The molecular weight excluding hydrogens is 747 g/mol. The van der Waals surface area contributed by atoms with E-state index in [1.807, 2.05) is 29.5 Å². The summed E-state index contributed by atoms with van der Waals surface area (Å²) in [5, 5.41) is 4.85. The molecule has 0 bridgehead atoms. The Morgan fingerprint density at radius 1 is 0.333 bits per heavy atom. The molecule has 0 saturated heterocycles. The zero-order valence-corrected chi connectivity index (χ0v) is 33.3. The molecular formula is C56H35N3S. The third-order valence-electron chi connectivity index (χ3n) is 12.2. The molecule has 0 aliphatic heterocycles. The van der Waals surface area contributed by atoms with Crippen LogP contribution in [0.5, 0.6) is 0 Å². The number of benzene rings is 9. The lowest BCUT2D eigenvalue weighted by Crippen LogP contribution is -2.28. The Morgan fingerprint density at radius 2 is 0.883 bits per heavy atom. The molecule has 9 aromatic carbocycles. The SMILES string of the molecule is c1ccc(-c2nc(-c3ccc4c(c3)C(c3ccccc3)(c3ccccc3)c3ccccc3-4)nc(-c3cc4ccccc4c4c3sc3c(-c5ccccc5)cccc34)n2)cc1. The van der Waals surface area contributed by atoms with Crippen molar-refractivity contribution in [2.45, 2.75) is 5.41 Å². The fourth-order valence-electron chi connectivity index (χ4n) is 9.58. The van der Waals surface area contributed by atoms with Crippen molar-refractivity contribution in [3.63, 3.8) is 0 Å². The normalized spacial score (nSPS) is 12.8. The number of fused-ring (bicyclic) bond motifs is 8. The molecule has 1 aliphatic rings. The molecule has 0 fully saturated rings. The van der Waals surface area contributed by atoms with E-state index < -0.39 is 5.41 Å². The number of hydrogen-bond donors (Lipinski definition) is 0. The van der Waals surface area contributed by atoms with Crippen LogP contribution in [0.15, 0.2) is 212 Å². The van der Waals surface area contributed by atoms with E-state index in [1.165, 1.54) is 70.1 Å². The van der Waals surface area contributed by atoms with Gasteiger partial charge in [-0.25, -0.2) is 15.0 Å². The second-order valence-electron chi connectivity index (χ2n) is 15.5. The maximum absolute atomic E-state index is 5.46. The summed E-state index contributed by atoms with van der Waals surface area (Å²) in [5.41, 5.74) is 12.2. The van der Waals surface area contributed by atoms with Gasteiger partial charge < -0.3 is 0 Å². The lowest BCUT2D eigenvalue weighted by molar-refractivity contribution is 0.768. The Hall–Kier alpha value is -7.53. The largest absolute Gasteiger partial charge is 0.208 e. The molecule has 2 aromatic heterocycles. The Labute approximate surface area is 352 Å². The zero-order chi connectivity index (χ0) is 39.6. The maximum atomic E-state index is 5.46. The molecule has 2 heterocycles. The Kier molecular flexibility index (Phi) is 7.94. The minimum Gasteiger partial charge on any atom is -0.208 e. The molecule has 3 nitrogen and oxygen atoms in total. The van der Waals surface area contributed by atoms with Gasteiger partial charge in [-0.05, 0) is 67.4 Å². The van der Waals surface area contributed by atoms with Crippen LogP contribution in [0, 0.1) is 0 Å². The van der Waals surface area contributed by atoms with Gasteiger partial charge in [-0.3, -0.25) is 0 Å². The van der Waals surface area contributed by atoms with Crippen molar-refractivity contribution >= 4 is 42.3 Å². The van der Waals surface area contributed by atoms with Crippen molar-refractivity contribution in [3.8, 4) is 56.4 Å². The average molecular weight is 782 g/mol. The van der Waals surface area contributed by atoms with Crippen LogP contribution in [0.4, 0.5) is 0 Å². The summed E-state index contributed by atoms with van der Waals surface area (Å²) in [6.07, 6.45) is 0. The lowest BCUT2D eigenvalue weighted by atomic mass is 9.67. The van der Waals surface area contributed by atoms with Crippen LogP contribution in [0.2, 0.25) is 0 Å². The number of thiophene rings is 1. The highest BCUT2D eigenvalue weighted by molar-refractivity contribution is 7.27. The predicted octanol–water partition coefficient (Wildman–Crippen LogP) is 14.4. The topological polar surface area (TPSA) is 38.7 Å². The first-order valence-corrected chi connectivity index (χ1v) is 21.2. The lowest BCUT2D eigenvalue weighted by Gasteiger charge is -2.34. The van der Waals surface area contributed by atoms with Gasteiger partial charge in [0.25, 0.3) is 0 Å². The van der Waals surface area contributed by atoms with Gasteiger partial charge in [0.05, 0.1) is 5.41 Å². The molecule has 1 aliphatic carbocycles. The molecule has 0 spiro atoms. The van der Waals surface area contributed by atoms with Crippen molar-refractivity contribution in [1.82, 2.24) is 15.0 Å². The second kappa shape index (κ2) is 13.8. The predicted molar refractivity (Wildman–Crippen MR) is 249 cm³/mol. The summed E-state index contributed by atoms with van der Waals surface area (Å²) in [4.78, 5) is 16.1. The highest BCUT2D eigenvalue weighted by Gasteiger charge is 2.46. The monoisotopic (exact) mass is 781 g/mol. The fraction of sp³-hybridized carbons (Fsp3) is 0.0179. The molecule has 0 saturated carbocycles. The molecule has 0 radical (unpaired) electrons. The standard InChI is InChI=1S/C56H35N3S/c1-5-18-36(19-6-1)43-29-17-30-46-50-42-27-14-13-22-38(42)34-47(52(50)60-51(43)46)55-58-53(37-20-7-2-8-21-37)57-54(59-55)39-32-33-45-44-28-15-16-31-48(44)56(49(45)35-39,40-23-9-3-10-24-40)41-25-11-4-12-26-41/h1-35H. The number of aromatic nitrogens is 3. The molecule has 4 heteroatoms. The highest BCUT2D eigenvalue weighted by Crippen LogP contribution is 2.56. The van der Waals surface area contributed by atoms with Crippen molar-refractivity contribution in [1.29, 1.82) is 0 Å². The Balaban J connectivity index is 1.13. The summed E-state index contributed by atoms with van der Waals surface area (Å²) in [6.45, 7) is 0. The van der Waals surface area contributed by atoms with Gasteiger partial charge in [0.2, 0.25) is 0 Å². The first-order valence-electron chi connectivity index (χ1n) is 20.4. The Morgan fingerprint density at radius 3 is 1.62 bits per heavy atom. The minimum absolute atomic E-state index is 0.541. The van der Waals surface area contributed by atoms with Crippen molar-refractivity contribution in [3.05, 3.63) is 235 Å². The third kappa shape index (κ3) is 5.24. The summed E-state index contributed by atoms with van der Waals surface area (Å²) >= 11 is 1.83. The van der Waals surface area contributed by atoms with Gasteiger partial charge in [0, 0.05) is 36.9 Å². The molecule has 11 aromatic rings. The van der Waals surface area contributed by atoms with E-state index in [1.54, 1.807) is 0 Å². The van der Waals surface area contributed by atoms with E-state index >= 15 is 0 Å². The van der Waals surface area contributed by atoms with E-state index in [0.717, 1.165) is 22.1 Å². The van der Waals surface area contributed by atoms with Crippen LogP contribution in [0.3, 0.4) is 0 Å². The number of nitrogens with zero attached hydrogens (tertiary/aromatic N) is 3. The second-order valence-corrected chi connectivity index (χ2v) is 16.5. The summed E-state index contributed by atoms with van der Waals surface area (Å²) < 4.78 is 2.42. The van der Waals surface area contributed by atoms with Crippen LogP contribution in [0.25, 0.3) is 87.4 Å². The number of hydrogen-bond acceptors (Lipinski definition) is 4. The summed E-state index contributed by atoms with van der Waals surface area (Å²) in [6, 6.07) is 76.2. The zero-order valence-electron chi connectivity index (χ0n) is 32.5.